The van der Waals surface area contributed by atoms with Gasteiger partial charge in [-0.05, 0) is 60.9 Å². The summed E-state index contributed by atoms with van der Waals surface area (Å²) < 4.78 is 27.8. The monoisotopic (exact) mass is 500 g/mol. The lowest BCUT2D eigenvalue weighted by Crippen LogP contribution is -2.34. The third kappa shape index (κ3) is 6.66. The number of amides is 2. The maximum absolute atomic E-state index is 12.9. The van der Waals surface area contributed by atoms with Crippen LogP contribution in [0, 0.1) is 0 Å². The molecule has 0 saturated carbocycles. The molecule has 8 nitrogen and oxygen atoms in total. The molecule has 0 radical (unpaired) electrons. The van der Waals surface area contributed by atoms with Crippen molar-refractivity contribution in [1.82, 2.24) is 10.2 Å². The lowest BCUT2D eigenvalue weighted by atomic mass is 10.1. The molecule has 0 spiro atoms. The van der Waals surface area contributed by atoms with Crippen molar-refractivity contribution in [2.24, 2.45) is 0 Å². The van der Waals surface area contributed by atoms with Crippen molar-refractivity contribution in [2.45, 2.75) is 18.1 Å². The molecule has 1 heterocycles. The van der Waals surface area contributed by atoms with Gasteiger partial charge in [-0.15, -0.1) is 11.3 Å². The highest BCUT2D eigenvalue weighted by Gasteiger charge is 2.19. The molecule has 34 heavy (non-hydrogen) atoms. The molecule has 10 heteroatoms. The van der Waals surface area contributed by atoms with E-state index >= 15 is 0 Å². The molecule has 0 atom stereocenters. The molecule has 0 aliphatic carbocycles. The van der Waals surface area contributed by atoms with Crippen molar-refractivity contribution in [3.05, 3.63) is 77.2 Å². The molecule has 180 valence electrons. The normalized spacial score (nSPS) is 11.3. The second-order valence-electron chi connectivity index (χ2n) is 7.40. The van der Waals surface area contributed by atoms with Crippen LogP contribution < -0.4 is 15.4 Å². The Morgan fingerprint density at radius 2 is 1.62 bits per heavy atom. The third-order valence-electron chi connectivity index (χ3n) is 5.19. The minimum atomic E-state index is -3.79. The van der Waals surface area contributed by atoms with Gasteiger partial charge in [0.05, 0.1) is 11.3 Å². The number of anilines is 2. The molecule has 0 saturated heterocycles. The third-order valence-corrected chi connectivity index (χ3v) is 7.95. The zero-order chi connectivity index (χ0) is 24.6. The zero-order valence-electron chi connectivity index (χ0n) is 19.1. The number of carbonyl (C=O) groups excluding carboxylic acids is 2. The first-order chi connectivity index (χ1) is 16.3. The van der Waals surface area contributed by atoms with Gasteiger partial charge in [-0.1, -0.05) is 32.0 Å². The molecular formula is C24H28N4O4S2. The van der Waals surface area contributed by atoms with E-state index < -0.39 is 15.9 Å². The van der Waals surface area contributed by atoms with Crippen LogP contribution in [0.15, 0.2) is 70.3 Å². The van der Waals surface area contributed by atoms with Gasteiger partial charge in [0.2, 0.25) is 0 Å². The number of rotatable bonds is 11. The van der Waals surface area contributed by atoms with Crippen LogP contribution in [0.5, 0.6) is 0 Å². The molecule has 0 bridgehead atoms. The lowest BCUT2D eigenvalue weighted by Gasteiger charge is -2.18. The molecule has 0 fully saturated rings. The summed E-state index contributed by atoms with van der Waals surface area (Å²) >= 11 is 1.09. The molecule has 3 rings (SSSR count). The van der Waals surface area contributed by atoms with Crippen molar-refractivity contribution in [3.8, 4) is 0 Å². The maximum Gasteiger partial charge on any atom is 0.271 e. The lowest BCUT2D eigenvalue weighted by molar-refractivity contribution is 0.0948. The van der Waals surface area contributed by atoms with Crippen LogP contribution in [0.2, 0.25) is 0 Å². The number of likely N-dealkylation sites (N-methyl/N-ethyl adjacent to an activating group) is 1. The average Bonchev–Trinajstić information content (AvgIpc) is 3.38. The molecule has 1 aromatic heterocycles. The Balaban J connectivity index is 1.64. The number of nitrogens with one attached hydrogen (secondary N) is 3. The summed E-state index contributed by atoms with van der Waals surface area (Å²) in [6.07, 6.45) is 0. The van der Waals surface area contributed by atoms with Gasteiger partial charge in [-0.2, -0.15) is 0 Å². The second kappa shape index (κ2) is 11.8. The number of hydrogen-bond acceptors (Lipinski definition) is 6. The number of sulfonamides is 1. The number of para-hydroxylation sites is 1. The van der Waals surface area contributed by atoms with E-state index in [1.54, 1.807) is 53.9 Å². The van der Waals surface area contributed by atoms with E-state index in [0.717, 1.165) is 31.0 Å². The number of hydrogen-bond donors (Lipinski definition) is 3. The van der Waals surface area contributed by atoms with E-state index in [1.807, 2.05) is 0 Å². The predicted octanol–water partition coefficient (Wildman–Crippen LogP) is 3.87. The summed E-state index contributed by atoms with van der Waals surface area (Å²) in [6.45, 7) is 7.35. The van der Waals surface area contributed by atoms with Crippen LogP contribution in [0.1, 0.15) is 34.6 Å². The Labute approximate surface area is 204 Å². The first kappa shape index (κ1) is 25.4. The van der Waals surface area contributed by atoms with Crippen LogP contribution in [0.4, 0.5) is 11.4 Å². The second-order valence-corrected chi connectivity index (χ2v) is 10.3. The average molecular weight is 501 g/mol. The highest BCUT2D eigenvalue weighted by molar-refractivity contribution is 7.94. The number of benzene rings is 2. The van der Waals surface area contributed by atoms with E-state index in [2.05, 4.69) is 34.1 Å². The fourth-order valence-corrected chi connectivity index (χ4v) is 5.33. The molecule has 0 aliphatic heterocycles. The Morgan fingerprint density at radius 1 is 0.912 bits per heavy atom. The molecule has 0 unspecified atom stereocenters. The topological polar surface area (TPSA) is 108 Å². The van der Waals surface area contributed by atoms with Gasteiger partial charge in [0.25, 0.3) is 21.8 Å². The smallest absolute Gasteiger partial charge is 0.271 e. The van der Waals surface area contributed by atoms with Gasteiger partial charge in [0.15, 0.2) is 0 Å². The highest BCUT2D eigenvalue weighted by Crippen LogP contribution is 2.23. The molecule has 3 aromatic rings. The Hall–Kier alpha value is -3.21. The van der Waals surface area contributed by atoms with Gasteiger partial charge in [-0.3, -0.25) is 14.3 Å². The largest absolute Gasteiger partial charge is 0.351 e. The molecule has 2 aromatic carbocycles. The first-order valence-corrected chi connectivity index (χ1v) is 13.3. The van der Waals surface area contributed by atoms with Crippen molar-refractivity contribution >= 4 is 44.5 Å². The fraction of sp³-hybridized carbons (Fsp3) is 0.250. The Bertz CT molecular complexity index is 1210. The summed E-state index contributed by atoms with van der Waals surface area (Å²) in [4.78, 5) is 27.4. The van der Waals surface area contributed by atoms with E-state index in [0.29, 0.717) is 17.8 Å². The predicted molar refractivity (Wildman–Crippen MR) is 136 cm³/mol. The minimum absolute atomic E-state index is 0.161. The Morgan fingerprint density at radius 3 is 2.26 bits per heavy atom. The SMILES string of the molecule is CCN(CC)CCNC(=O)c1ccc(NC(=O)c2ccccc2NS(=O)(=O)c2cccs2)cc1. The quantitative estimate of drug-likeness (QED) is 0.370. The summed E-state index contributed by atoms with van der Waals surface area (Å²) in [6, 6.07) is 16.1. The van der Waals surface area contributed by atoms with Gasteiger partial charge < -0.3 is 15.5 Å². The minimum Gasteiger partial charge on any atom is -0.351 e. The number of thiophene rings is 1. The maximum atomic E-state index is 12.9. The van der Waals surface area contributed by atoms with Crippen LogP contribution >= 0.6 is 11.3 Å². The summed E-state index contributed by atoms with van der Waals surface area (Å²) in [7, 11) is -3.79. The van der Waals surface area contributed by atoms with Gasteiger partial charge in [-0.25, -0.2) is 8.42 Å². The van der Waals surface area contributed by atoms with Crippen LogP contribution in [-0.4, -0.2) is 51.3 Å². The zero-order valence-corrected chi connectivity index (χ0v) is 20.7. The van der Waals surface area contributed by atoms with Crippen molar-refractivity contribution in [1.29, 1.82) is 0 Å². The Kier molecular flexibility index (Phi) is 8.80. The van der Waals surface area contributed by atoms with E-state index in [1.165, 1.54) is 12.1 Å². The van der Waals surface area contributed by atoms with Gasteiger partial charge in [0, 0.05) is 24.3 Å². The first-order valence-electron chi connectivity index (χ1n) is 10.9. The van der Waals surface area contributed by atoms with Gasteiger partial charge >= 0.3 is 0 Å². The van der Waals surface area contributed by atoms with Crippen molar-refractivity contribution in [3.63, 3.8) is 0 Å². The standard InChI is InChI=1S/C24H28N4O4S2/c1-3-28(4-2)16-15-25-23(29)18-11-13-19(14-12-18)26-24(30)20-8-5-6-9-21(20)27-34(31,32)22-10-7-17-33-22/h5-14,17,27H,3-4,15-16H2,1-2H3,(H,25,29)(H,26,30). The molecule has 3 N–H and O–H groups in total. The number of nitrogens with zero attached hydrogens (tertiary/aromatic N) is 1. The van der Waals surface area contributed by atoms with Gasteiger partial charge in [0.1, 0.15) is 4.21 Å². The van der Waals surface area contributed by atoms with E-state index in [-0.39, 0.29) is 21.4 Å². The van der Waals surface area contributed by atoms with Crippen LogP contribution in [0.3, 0.4) is 0 Å². The highest BCUT2D eigenvalue weighted by atomic mass is 32.2. The summed E-state index contributed by atoms with van der Waals surface area (Å²) in [5, 5.41) is 7.31. The van der Waals surface area contributed by atoms with Crippen molar-refractivity contribution < 1.29 is 18.0 Å². The van der Waals surface area contributed by atoms with Crippen LogP contribution in [-0.2, 0) is 10.0 Å². The molecular weight excluding hydrogens is 472 g/mol. The van der Waals surface area contributed by atoms with Crippen LogP contribution in [0.25, 0.3) is 0 Å². The molecule has 0 aliphatic rings. The summed E-state index contributed by atoms with van der Waals surface area (Å²) in [5.41, 5.74) is 1.33. The van der Waals surface area contributed by atoms with E-state index in [4.69, 9.17) is 0 Å². The van der Waals surface area contributed by atoms with E-state index in [9.17, 15) is 18.0 Å². The van der Waals surface area contributed by atoms with Crippen molar-refractivity contribution in [2.75, 3.05) is 36.2 Å². The molecule has 2 amide bonds. The number of carbonyl (C=O) groups is 2. The summed E-state index contributed by atoms with van der Waals surface area (Å²) in [5.74, 6) is -0.653. The fourth-order valence-electron chi connectivity index (χ4n) is 3.25.